The third kappa shape index (κ3) is 4.61. The number of methoxy groups -OCH3 is 1. The van der Waals surface area contributed by atoms with Crippen LogP contribution in [0.5, 0.6) is 11.5 Å². The lowest BCUT2D eigenvalue weighted by Gasteiger charge is -2.26. The molecule has 0 amide bonds. The number of ether oxygens (including phenoxy) is 3. The summed E-state index contributed by atoms with van der Waals surface area (Å²) in [6.07, 6.45) is 3.37. The molecule has 118 valence electrons. The molecule has 2 unspecified atom stereocenters. The van der Waals surface area contributed by atoms with Crippen molar-refractivity contribution >= 4 is 0 Å². The monoisotopic (exact) mass is 293 g/mol. The van der Waals surface area contributed by atoms with Gasteiger partial charge >= 0.3 is 0 Å². The Labute approximate surface area is 127 Å². The maximum absolute atomic E-state index is 6.19. The van der Waals surface area contributed by atoms with Crippen molar-refractivity contribution in [3.63, 3.8) is 0 Å². The van der Waals surface area contributed by atoms with Crippen LogP contribution in [-0.4, -0.2) is 33.0 Å². The van der Waals surface area contributed by atoms with E-state index in [2.05, 4.69) is 25.2 Å². The molecule has 1 aliphatic rings. The van der Waals surface area contributed by atoms with Gasteiger partial charge in [-0.2, -0.15) is 0 Å². The van der Waals surface area contributed by atoms with Gasteiger partial charge in [0.25, 0.3) is 0 Å². The first-order valence-corrected chi connectivity index (χ1v) is 7.90. The molecule has 0 saturated carbocycles. The van der Waals surface area contributed by atoms with Crippen molar-refractivity contribution in [2.75, 3.05) is 26.9 Å². The first-order valence-electron chi connectivity index (χ1n) is 7.90. The summed E-state index contributed by atoms with van der Waals surface area (Å²) in [6, 6.07) is 6.32. The molecule has 21 heavy (non-hydrogen) atoms. The Balaban J connectivity index is 2.13. The average molecular weight is 293 g/mol. The van der Waals surface area contributed by atoms with E-state index in [9.17, 15) is 0 Å². The molecule has 0 radical (unpaired) electrons. The van der Waals surface area contributed by atoms with E-state index in [0.717, 1.165) is 43.9 Å². The quantitative estimate of drug-likeness (QED) is 0.837. The fourth-order valence-corrected chi connectivity index (χ4v) is 2.56. The van der Waals surface area contributed by atoms with Crippen molar-refractivity contribution in [3.8, 4) is 11.5 Å². The Morgan fingerprint density at radius 3 is 2.95 bits per heavy atom. The van der Waals surface area contributed by atoms with E-state index in [1.165, 1.54) is 5.56 Å². The number of hydrogen-bond donors (Lipinski definition) is 1. The van der Waals surface area contributed by atoms with Crippen molar-refractivity contribution in [2.45, 2.75) is 45.3 Å². The summed E-state index contributed by atoms with van der Waals surface area (Å²) in [5.41, 5.74) is 1.18. The molecule has 1 heterocycles. The topological polar surface area (TPSA) is 39.7 Å². The van der Waals surface area contributed by atoms with Crippen LogP contribution in [0.3, 0.4) is 0 Å². The van der Waals surface area contributed by atoms with Crippen LogP contribution in [0, 0.1) is 0 Å². The molecule has 1 aromatic rings. The second-order valence-corrected chi connectivity index (χ2v) is 5.54. The Morgan fingerprint density at radius 2 is 2.29 bits per heavy atom. The normalized spacial score (nSPS) is 20.0. The highest BCUT2D eigenvalue weighted by molar-refractivity contribution is 5.42. The summed E-state index contributed by atoms with van der Waals surface area (Å²) in [5.74, 6) is 1.73. The van der Waals surface area contributed by atoms with Crippen LogP contribution in [0.15, 0.2) is 18.2 Å². The zero-order valence-corrected chi connectivity index (χ0v) is 13.4. The number of rotatable bonds is 7. The molecule has 1 fully saturated rings. The van der Waals surface area contributed by atoms with Crippen LogP contribution < -0.4 is 14.8 Å². The lowest BCUT2D eigenvalue weighted by atomic mass is 10.1. The largest absolute Gasteiger partial charge is 0.497 e. The Hall–Kier alpha value is -1.26. The summed E-state index contributed by atoms with van der Waals surface area (Å²) in [6.45, 7) is 6.86. The second-order valence-electron chi connectivity index (χ2n) is 5.54. The van der Waals surface area contributed by atoms with Gasteiger partial charge in [-0.25, -0.2) is 0 Å². The van der Waals surface area contributed by atoms with Crippen molar-refractivity contribution in [3.05, 3.63) is 23.8 Å². The first kappa shape index (κ1) is 16.1. The summed E-state index contributed by atoms with van der Waals surface area (Å²) in [5, 5.41) is 3.51. The summed E-state index contributed by atoms with van der Waals surface area (Å²) < 4.78 is 17.0. The zero-order chi connectivity index (χ0) is 15.1. The van der Waals surface area contributed by atoms with Gasteiger partial charge in [-0.15, -0.1) is 0 Å². The highest BCUT2D eigenvalue weighted by Crippen LogP contribution is 2.31. The molecule has 1 saturated heterocycles. The molecule has 4 heteroatoms. The van der Waals surface area contributed by atoms with Gasteiger partial charge in [0, 0.05) is 24.3 Å². The minimum atomic E-state index is 0.142. The molecular weight excluding hydrogens is 266 g/mol. The van der Waals surface area contributed by atoms with E-state index < -0.39 is 0 Å². The first-order chi connectivity index (χ1) is 10.2. The molecule has 0 bridgehead atoms. The second kappa shape index (κ2) is 8.25. The van der Waals surface area contributed by atoms with Crippen LogP contribution in [-0.2, 0) is 4.74 Å². The number of hydrogen-bond acceptors (Lipinski definition) is 4. The van der Waals surface area contributed by atoms with Gasteiger partial charge in [-0.3, -0.25) is 0 Å². The SMILES string of the molecule is CCCNC(C)c1ccc(OC)cc1OC1CCCOC1. The van der Waals surface area contributed by atoms with Crippen LogP contribution in [0.2, 0.25) is 0 Å². The minimum Gasteiger partial charge on any atom is -0.497 e. The fourth-order valence-electron chi connectivity index (χ4n) is 2.56. The maximum atomic E-state index is 6.19. The summed E-state index contributed by atoms with van der Waals surface area (Å²) in [7, 11) is 1.68. The molecule has 0 spiro atoms. The van der Waals surface area contributed by atoms with Crippen LogP contribution in [0.25, 0.3) is 0 Å². The fraction of sp³-hybridized carbons (Fsp3) is 0.647. The van der Waals surface area contributed by atoms with E-state index in [1.807, 2.05) is 12.1 Å². The van der Waals surface area contributed by atoms with E-state index in [-0.39, 0.29) is 12.1 Å². The third-order valence-corrected chi connectivity index (χ3v) is 3.80. The number of nitrogens with one attached hydrogen (secondary N) is 1. The van der Waals surface area contributed by atoms with E-state index in [4.69, 9.17) is 14.2 Å². The molecule has 0 aliphatic carbocycles. The maximum Gasteiger partial charge on any atom is 0.128 e. The van der Waals surface area contributed by atoms with E-state index in [1.54, 1.807) is 7.11 Å². The number of benzene rings is 1. The molecule has 1 aliphatic heterocycles. The van der Waals surface area contributed by atoms with Crippen LogP contribution in [0.1, 0.15) is 44.7 Å². The van der Waals surface area contributed by atoms with Gasteiger partial charge in [0.2, 0.25) is 0 Å². The van der Waals surface area contributed by atoms with Gasteiger partial charge in [0.05, 0.1) is 13.7 Å². The van der Waals surface area contributed by atoms with Gasteiger partial charge in [0.1, 0.15) is 17.6 Å². The van der Waals surface area contributed by atoms with Crippen molar-refractivity contribution < 1.29 is 14.2 Å². The van der Waals surface area contributed by atoms with Gasteiger partial charge in [-0.05, 0) is 38.8 Å². The van der Waals surface area contributed by atoms with Crippen molar-refractivity contribution in [1.82, 2.24) is 5.32 Å². The highest BCUT2D eigenvalue weighted by Gasteiger charge is 2.19. The summed E-state index contributed by atoms with van der Waals surface area (Å²) in [4.78, 5) is 0. The molecule has 1 aromatic carbocycles. The smallest absolute Gasteiger partial charge is 0.128 e. The predicted molar refractivity (Wildman–Crippen MR) is 84.2 cm³/mol. The third-order valence-electron chi connectivity index (χ3n) is 3.80. The molecule has 0 aromatic heterocycles. The summed E-state index contributed by atoms with van der Waals surface area (Å²) >= 11 is 0. The molecule has 2 atom stereocenters. The van der Waals surface area contributed by atoms with Crippen LogP contribution in [0.4, 0.5) is 0 Å². The predicted octanol–water partition coefficient (Wildman–Crippen LogP) is 3.31. The van der Waals surface area contributed by atoms with Gasteiger partial charge in [0.15, 0.2) is 0 Å². The minimum absolute atomic E-state index is 0.142. The highest BCUT2D eigenvalue weighted by atomic mass is 16.5. The Morgan fingerprint density at radius 1 is 1.43 bits per heavy atom. The molecular formula is C17H27NO3. The lowest BCUT2D eigenvalue weighted by molar-refractivity contribution is 0.00679. The van der Waals surface area contributed by atoms with Gasteiger partial charge in [-0.1, -0.05) is 13.0 Å². The zero-order valence-electron chi connectivity index (χ0n) is 13.4. The lowest BCUT2D eigenvalue weighted by Crippen LogP contribution is -2.29. The van der Waals surface area contributed by atoms with E-state index >= 15 is 0 Å². The van der Waals surface area contributed by atoms with Crippen molar-refractivity contribution in [2.24, 2.45) is 0 Å². The molecule has 4 nitrogen and oxygen atoms in total. The standard InChI is InChI=1S/C17H27NO3/c1-4-9-18-13(2)16-8-7-14(19-3)11-17(16)21-15-6-5-10-20-12-15/h7-8,11,13,15,18H,4-6,9-10,12H2,1-3H3. The molecule has 1 N–H and O–H groups in total. The van der Waals surface area contributed by atoms with Gasteiger partial charge < -0.3 is 19.5 Å². The Kier molecular flexibility index (Phi) is 6.33. The van der Waals surface area contributed by atoms with E-state index in [0.29, 0.717) is 6.61 Å². The molecule has 2 rings (SSSR count). The van der Waals surface area contributed by atoms with Crippen molar-refractivity contribution in [1.29, 1.82) is 0 Å². The average Bonchev–Trinajstić information content (AvgIpc) is 2.53. The van der Waals surface area contributed by atoms with Crippen LogP contribution >= 0.6 is 0 Å². The Bertz CT molecular complexity index is 430.